The number of amides is 1. The molecule has 1 aromatic heterocycles. The van der Waals surface area contributed by atoms with Crippen molar-refractivity contribution in [1.29, 1.82) is 0 Å². The number of nitrogens with one attached hydrogen (secondary N) is 1. The number of carbonyl (C=O) groups excluding carboxylic acids is 2. The molecule has 26 heavy (non-hydrogen) atoms. The highest BCUT2D eigenvalue weighted by Crippen LogP contribution is 2.25. The van der Waals surface area contributed by atoms with Crippen LogP contribution in [0.2, 0.25) is 0 Å². The molecule has 3 rings (SSSR count). The van der Waals surface area contributed by atoms with Gasteiger partial charge < -0.3 is 10.1 Å². The number of halogens is 1. The fourth-order valence-corrected chi connectivity index (χ4v) is 2.60. The largest absolute Gasteiger partial charge is 0.462 e. The van der Waals surface area contributed by atoms with Crippen LogP contribution in [-0.4, -0.2) is 23.5 Å². The topological polar surface area (TPSA) is 68.3 Å². The van der Waals surface area contributed by atoms with Gasteiger partial charge in [0.15, 0.2) is 0 Å². The second-order valence-corrected chi connectivity index (χ2v) is 5.72. The smallest absolute Gasteiger partial charge is 0.338 e. The molecule has 0 spiro atoms. The molecule has 0 unspecified atom stereocenters. The van der Waals surface area contributed by atoms with Crippen LogP contribution in [0.5, 0.6) is 0 Å². The second-order valence-electron chi connectivity index (χ2n) is 5.72. The quantitative estimate of drug-likeness (QED) is 0.718. The van der Waals surface area contributed by atoms with Crippen LogP contribution < -0.4 is 5.32 Å². The van der Waals surface area contributed by atoms with Gasteiger partial charge in [0.05, 0.1) is 23.4 Å². The van der Waals surface area contributed by atoms with Crippen molar-refractivity contribution in [3.05, 3.63) is 71.2 Å². The van der Waals surface area contributed by atoms with Crippen molar-refractivity contribution in [2.75, 3.05) is 11.9 Å². The zero-order valence-corrected chi connectivity index (χ0v) is 14.4. The van der Waals surface area contributed by atoms with Gasteiger partial charge in [0, 0.05) is 16.6 Å². The maximum atomic E-state index is 13.0. The van der Waals surface area contributed by atoms with Crippen LogP contribution in [0.3, 0.4) is 0 Å². The fourth-order valence-electron chi connectivity index (χ4n) is 2.60. The number of anilines is 1. The van der Waals surface area contributed by atoms with Gasteiger partial charge in [-0.3, -0.25) is 9.78 Å². The highest BCUT2D eigenvalue weighted by atomic mass is 19.1. The zero-order valence-electron chi connectivity index (χ0n) is 14.4. The number of hydrogen-bond acceptors (Lipinski definition) is 4. The summed E-state index contributed by atoms with van der Waals surface area (Å²) in [5, 5.41) is 3.43. The van der Waals surface area contributed by atoms with Crippen LogP contribution in [0.25, 0.3) is 10.9 Å². The summed E-state index contributed by atoms with van der Waals surface area (Å²) in [5.74, 6) is -1.23. The van der Waals surface area contributed by atoms with Crippen molar-refractivity contribution in [2.24, 2.45) is 0 Å². The Hall–Kier alpha value is -3.28. The van der Waals surface area contributed by atoms with E-state index in [0.717, 1.165) is 5.69 Å². The number of carbonyl (C=O) groups is 2. The van der Waals surface area contributed by atoms with Crippen molar-refractivity contribution in [3.8, 4) is 0 Å². The van der Waals surface area contributed by atoms with Gasteiger partial charge in [0.2, 0.25) is 0 Å². The van der Waals surface area contributed by atoms with E-state index >= 15 is 0 Å². The molecule has 6 heteroatoms. The normalized spacial score (nSPS) is 10.6. The van der Waals surface area contributed by atoms with E-state index in [4.69, 9.17) is 4.74 Å². The lowest BCUT2D eigenvalue weighted by molar-refractivity contribution is 0.0526. The fraction of sp³-hybridized carbons (Fsp3) is 0.150. The van der Waals surface area contributed by atoms with Crippen LogP contribution in [0.15, 0.2) is 48.5 Å². The van der Waals surface area contributed by atoms with Crippen LogP contribution in [-0.2, 0) is 4.74 Å². The first-order chi connectivity index (χ1) is 12.5. The molecule has 5 nitrogen and oxygen atoms in total. The summed E-state index contributed by atoms with van der Waals surface area (Å²) in [4.78, 5) is 28.9. The molecule has 0 aliphatic carbocycles. The molecule has 1 heterocycles. The van der Waals surface area contributed by atoms with Crippen molar-refractivity contribution in [2.45, 2.75) is 13.8 Å². The summed E-state index contributed by atoms with van der Waals surface area (Å²) in [5.41, 5.74) is 2.59. The molecular formula is C20H17FN2O3. The summed E-state index contributed by atoms with van der Waals surface area (Å²) in [7, 11) is 0. The third kappa shape index (κ3) is 3.69. The number of benzene rings is 2. The van der Waals surface area contributed by atoms with Crippen molar-refractivity contribution < 1.29 is 18.7 Å². The molecule has 0 saturated carbocycles. The number of aromatic nitrogens is 1. The van der Waals surface area contributed by atoms with E-state index in [1.165, 1.54) is 24.3 Å². The highest BCUT2D eigenvalue weighted by Gasteiger charge is 2.13. The van der Waals surface area contributed by atoms with Crippen LogP contribution in [0.4, 0.5) is 10.1 Å². The molecule has 132 valence electrons. The third-order valence-corrected chi connectivity index (χ3v) is 3.80. The van der Waals surface area contributed by atoms with E-state index in [1.54, 1.807) is 31.2 Å². The molecular weight excluding hydrogens is 335 g/mol. The van der Waals surface area contributed by atoms with Crippen molar-refractivity contribution in [1.82, 2.24) is 4.98 Å². The predicted octanol–water partition coefficient (Wildman–Crippen LogP) is 4.11. The Bertz CT molecular complexity index is 984. The first-order valence-corrected chi connectivity index (χ1v) is 8.13. The minimum atomic E-state index is -0.439. The lowest BCUT2D eigenvalue weighted by Crippen LogP contribution is -2.13. The second kappa shape index (κ2) is 7.31. The van der Waals surface area contributed by atoms with E-state index in [1.807, 2.05) is 6.92 Å². The van der Waals surface area contributed by atoms with E-state index < -0.39 is 11.8 Å². The Morgan fingerprint density at radius 3 is 2.46 bits per heavy atom. The maximum Gasteiger partial charge on any atom is 0.338 e. The van der Waals surface area contributed by atoms with Gasteiger partial charge in [-0.05, 0) is 62.4 Å². The average molecular weight is 352 g/mol. The van der Waals surface area contributed by atoms with Gasteiger partial charge in [-0.15, -0.1) is 0 Å². The molecule has 0 bridgehead atoms. The molecule has 3 aromatic rings. The van der Waals surface area contributed by atoms with E-state index in [-0.39, 0.29) is 12.5 Å². The number of hydrogen-bond donors (Lipinski definition) is 1. The summed E-state index contributed by atoms with van der Waals surface area (Å²) < 4.78 is 18.1. The minimum Gasteiger partial charge on any atom is -0.462 e. The SMILES string of the molecule is CCOC(=O)c1ccc2nc(C)cc(NC(=O)c3ccc(F)cc3)c2c1. The Kier molecular flexibility index (Phi) is 4.93. The Balaban J connectivity index is 2.00. The predicted molar refractivity (Wildman–Crippen MR) is 96.8 cm³/mol. The highest BCUT2D eigenvalue weighted by molar-refractivity contribution is 6.09. The monoisotopic (exact) mass is 352 g/mol. The van der Waals surface area contributed by atoms with Gasteiger partial charge >= 0.3 is 5.97 Å². The maximum absolute atomic E-state index is 13.0. The molecule has 1 amide bonds. The summed E-state index contributed by atoms with van der Waals surface area (Å²) in [6.45, 7) is 3.82. The number of ether oxygens (including phenoxy) is 1. The average Bonchev–Trinajstić information content (AvgIpc) is 2.62. The summed E-state index contributed by atoms with van der Waals surface area (Å²) >= 11 is 0. The molecule has 0 radical (unpaired) electrons. The molecule has 2 aromatic carbocycles. The number of rotatable bonds is 4. The van der Waals surface area contributed by atoms with Crippen molar-refractivity contribution >= 4 is 28.5 Å². The summed E-state index contributed by atoms with van der Waals surface area (Å²) in [6.07, 6.45) is 0. The van der Waals surface area contributed by atoms with Gasteiger partial charge in [-0.2, -0.15) is 0 Å². The number of nitrogens with zero attached hydrogens (tertiary/aromatic N) is 1. The lowest BCUT2D eigenvalue weighted by atomic mass is 10.1. The van der Waals surface area contributed by atoms with Crippen LogP contribution in [0, 0.1) is 12.7 Å². The molecule has 0 aliphatic rings. The molecule has 0 saturated heterocycles. The minimum absolute atomic E-state index is 0.275. The molecule has 0 aliphatic heterocycles. The van der Waals surface area contributed by atoms with Gasteiger partial charge in [-0.25, -0.2) is 9.18 Å². The van der Waals surface area contributed by atoms with Gasteiger partial charge in [0.25, 0.3) is 5.91 Å². The van der Waals surface area contributed by atoms with Crippen molar-refractivity contribution in [3.63, 3.8) is 0 Å². The third-order valence-electron chi connectivity index (χ3n) is 3.80. The van der Waals surface area contributed by atoms with E-state index in [9.17, 15) is 14.0 Å². The van der Waals surface area contributed by atoms with E-state index in [2.05, 4.69) is 10.3 Å². The first-order valence-electron chi connectivity index (χ1n) is 8.13. The molecule has 0 atom stereocenters. The number of aryl methyl sites for hydroxylation is 1. The Labute approximate surface area is 149 Å². The Morgan fingerprint density at radius 1 is 1.08 bits per heavy atom. The van der Waals surface area contributed by atoms with Gasteiger partial charge in [-0.1, -0.05) is 0 Å². The first kappa shape index (κ1) is 17.5. The number of fused-ring (bicyclic) bond motifs is 1. The lowest BCUT2D eigenvalue weighted by Gasteiger charge is -2.11. The van der Waals surface area contributed by atoms with Crippen LogP contribution in [0.1, 0.15) is 33.3 Å². The van der Waals surface area contributed by atoms with Crippen LogP contribution >= 0.6 is 0 Å². The van der Waals surface area contributed by atoms with E-state index in [0.29, 0.717) is 27.7 Å². The summed E-state index contributed by atoms with van der Waals surface area (Å²) in [6, 6.07) is 12.0. The Morgan fingerprint density at radius 2 is 1.77 bits per heavy atom. The number of pyridine rings is 1. The molecule has 0 fully saturated rings. The molecule has 1 N–H and O–H groups in total. The zero-order chi connectivity index (χ0) is 18.7. The van der Waals surface area contributed by atoms with Gasteiger partial charge in [0.1, 0.15) is 5.82 Å². The number of esters is 1. The standard InChI is InChI=1S/C20H17FN2O3/c1-3-26-20(25)14-6-9-17-16(11-14)18(10-12(2)22-17)23-19(24)13-4-7-15(21)8-5-13/h4-11H,3H2,1-2H3,(H,22,23,24).